The van der Waals surface area contributed by atoms with Crippen molar-refractivity contribution in [1.82, 2.24) is 0 Å². The Hall–Kier alpha value is -0.780. The highest BCUT2D eigenvalue weighted by molar-refractivity contribution is 5.17. The fourth-order valence-corrected chi connectivity index (χ4v) is 2.11. The summed E-state index contributed by atoms with van der Waals surface area (Å²) in [5.74, 6) is 0.870. The Morgan fingerprint density at radius 1 is 1.11 bits per heavy atom. The molecule has 0 spiro atoms. The molecule has 0 aliphatic carbocycles. The molecule has 0 aromatic heterocycles. The predicted octanol–water partition coefficient (Wildman–Crippen LogP) is 6.45. The Kier molecular flexibility index (Phi) is 12.1. The van der Waals surface area contributed by atoms with E-state index in [0.29, 0.717) is 0 Å². The maximum absolute atomic E-state index is 3.77. The Morgan fingerprint density at radius 2 is 1.78 bits per heavy atom. The van der Waals surface area contributed by atoms with E-state index in [0.717, 1.165) is 18.8 Å². The molecule has 0 aromatic rings. The van der Waals surface area contributed by atoms with E-state index >= 15 is 0 Å². The van der Waals surface area contributed by atoms with Gasteiger partial charge in [-0.3, -0.25) is 0 Å². The molecule has 0 heteroatoms. The summed E-state index contributed by atoms with van der Waals surface area (Å²) in [4.78, 5) is 0. The lowest BCUT2D eigenvalue weighted by molar-refractivity contribution is 0.463. The highest BCUT2D eigenvalue weighted by atomic mass is 14.1. The zero-order valence-electron chi connectivity index (χ0n) is 12.8. The molecule has 0 saturated heterocycles. The first-order valence-corrected chi connectivity index (χ1v) is 7.71. The Labute approximate surface area is 115 Å². The molecule has 0 amide bonds. The second kappa shape index (κ2) is 12.7. The molecule has 0 aliphatic rings. The van der Waals surface area contributed by atoms with Crippen LogP contribution in [0, 0.1) is 5.92 Å². The summed E-state index contributed by atoms with van der Waals surface area (Å²) in [6.45, 7) is 10.6. The van der Waals surface area contributed by atoms with Crippen molar-refractivity contribution in [3.05, 3.63) is 36.5 Å². The van der Waals surface area contributed by atoms with E-state index in [9.17, 15) is 0 Å². The van der Waals surface area contributed by atoms with Gasteiger partial charge in [0.1, 0.15) is 0 Å². The van der Waals surface area contributed by atoms with E-state index in [4.69, 9.17) is 0 Å². The van der Waals surface area contributed by atoms with Crippen molar-refractivity contribution < 1.29 is 0 Å². The van der Waals surface area contributed by atoms with Crippen LogP contribution in [0.1, 0.15) is 72.1 Å². The van der Waals surface area contributed by atoms with Gasteiger partial charge in [-0.1, -0.05) is 63.5 Å². The minimum Gasteiger partial charge on any atom is -0.103 e. The molecule has 1 atom stereocenters. The van der Waals surface area contributed by atoms with Crippen LogP contribution in [0.2, 0.25) is 0 Å². The number of unbranched alkanes of at least 4 members (excludes halogenated alkanes) is 2. The van der Waals surface area contributed by atoms with Crippen molar-refractivity contribution in [1.29, 1.82) is 0 Å². The summed E-state index contributed by atoms with van der Waals surface area (Å²) in [5, 5.41) is 0. The Bertz CT molecular complexity index is 245. The smallest absolute Gasteiger partial charge is 0.0311 e. The number of hydrogen-bond donors (Lipinski definition) is 0. The molecule has 1 unspecified atom stereocenters. The molecular formula is C18H32. The van der Waals surface area contributed by atoms with Gasteiger partial charge in [0.05, 0.1) is 0 Å². The van der Waals surface area contributed by atoms with Crippen LogP contribution in [0.3, 0.4) is 0 Å². The van der Waals surface area contributed by atoms with Crippen LogP contribution in [0.25, 0.3) is 0 Å². The maximum Gasteiger partial charge on any atom is -0.0311 e. The Morgan fingerprint density at radius 3 is 2.33 bits per heavy atom. The predicted molar refractivity (Wildman–Crippen MR) is 84.9 cm³/mol. The van der Waals surface area contributed by atoms with Crippen molar-refractivity contribution in [2.45, 2.75) is 72.1 Å². The van der Waals surface area contributed by atoms with Crippen LogP contribution in [0.15, 0.2) is 36.5 Å². The largest absolute Gasteiger partial charge is 0.103 e. The number of hydrogen-bond acceptors (Lipinski definition) is 0. The molecule has 0 aliphatic heterocycles. The fraction of sp³-hybridized carbons (Fsp3) is 0.667. The second-order valence-electron chi connectivity index (χ2n) is 5.20. The van der Waals surface area contributed by atoms with E-state index in [-0.39, 0.29) is 0 Å². The van der Waals surface area contributed by atoms with Crippen molar-refractivity contribution in [3.8, 4) is 0 Å². The van der Waals surface area contributed by atoms with E-state index in [1.807, 2.05) is 6.08 Å². The summed E-state index contributed by atoms with van der Waals surface area (Å²) < 4.78 is 0. The monoisotopic (exact) mass is 248 g/mol. The molecule has 0 rings (SSSR count). The normalized spacial score (nSPS) is 14.1. The lowest BCUT2D eigenvalue weighted by Crippen LogP contribution is -1.94. The van der Waals surface area contributed by atoms with Gasteiger partial charge in [0, 0.05) is 0 Å². The van der Waals surface area contributed by atoms with Gasteiger partial charge in [0.15, 0.2) is 0 Å². The molecule has 0 radical (unpaired) electrons. The second-order valence-corrected chi connectivity index (χ2v) is 5.20. The van der Waals surface area contributed by atoms with Gasteiger partial charge in [0.25, 0.3) is 0 Å². The minimum absolute atomic E-state index is 0.870. The molecule has 0 nitrogen and oxygen atoms in total. The number of allylic oxidation sites excluding steroid dienone is 5. The van der Waals surface area contributed by atoms with Crippen LogP contribution in [-0.2, 0) is 0 Å². The van der Waals surface area contributed by atoms with Crippen LogP contribution in [0.4, 0.5) is 0 Å². The summed E-state index contributed by atoms with van der Waals surface area (Å²) in [5.41, 5.74) is 1.50. The van der Waals surface area contributed by atoms with E-state index in [1.165, 1.54) is 44.1 Å². The van der Waals surface area contributed by atoms with Gasteiger partial charge in [0.2, 0.25) is 0 Å². The lowest BCUT2D eigenvalue weighted by Gasteiger charge is -2.09. The molecule has 0 saturated carbocycles. The third-order valence-corrected chi connectivity index (χ3v) is 3.39. The van der Waals surface area contributed by atoms with Crippen LogP contribution in [0.5, 0.6) is 0 Å². The van der Waals surface area contributed by atoms with Gasteiger partial charge < -0.3 is 0 Å². The SMILES string of the molecule is C=CCCCC(C)CCC/C=C(\C=C/CC)CC. The standard InChI is InChI=1S/C18H32/c1-5-8-10-13-17(4)14-11-12-16-18(7-3)15-9-6-2/h5,9,15-17H,1,6-8,10-14H2,2-4H3/b15-9-,18-16-. The van der Waals surface area contributed by atoms with Gasteiger partial charge in [-0.05, 0) is 44.4 Å². The highest BCUT2D eigenvalue weighted by Gasteiger charge is 2.00. The van der Waals surface area contributed by atoms with Gasteiger partial charge >= 0.3 is 0 Å². The molecule has 0 heterocycles. The zero-order chi connectivity index (χ0) is 13.6. The van der Waals surface area contributed by atoms with Crippen molar-refractivity contribution in [3.63, 3.8) is 0 Å². The lowest BCUT2D eigenvalue weighted by atomic mass is 9.97. The molecule has 0 bridgehead atoms. The maximum atomic E-state index is 3.77. The fourth-order valence-electron chi connectivity index (χ4n) is 2.11. The van der Waals surface area contributed by atoms with Crippen LogP contribution >= 0.6 is 0 Å². The molecule has 0 aromatic carbocycles. The number of rotatable bonds is 11. The third kappa shape index (κ3) is 10.4. The average Bonchev–Trinajstić information content (AvgIpc) is 2.38. The summed E-state index contributed by atoms with van der Waals surface area (Å²) in [6, 6.07) is 0. The quantitative estimate of drug-likeness (QED) is 0.224. The molecule has 0 N–H and O–H groups in total. The van der Waals surface area contributed by atoms with Gasteiger partial charge in [-0.25, -0.2) is 0 Å². The van der Waals surface area contributed by atoms with Crippen molar-refractivity contribution in [2.24, 2.45) is 5.92 Å². The first-order valence-electron chi connectivity index (χ1n) is 7.71. The van der Waals surface area contributed by atoms with Gasteiger partial charge in [-0.2, -0.15) is 0 Å². The highest BCUT2D eigenvalue weighted by Crippen LogP contribution is 2.16. The Balaban J connectivity index is 3.71. The topological polar surface area (TPSA) is 0 Å². The first-order chi connectivity index (χ1) is 8.74. The first kappa shape index (κ1) is 17.2. The molecular weight excluding hydrogens is 216 g/mol. The zero-order valence-corrected chi connectivity index (χ0v) is 12.8. The summed E-state index contributed by atoms with van der Waals surface area (Å²) in [6.07, 6.45) is 19.1. The minimum atomic E-state index is 0.870. The summed E-state index contributed by atoms with van der Waals surface area (Å²) in [7, 11) is 0. The van der Waals surface area contributed by atoms with Crippen molar-refractivity contribution >= 4 is 0 Å². The van der Waals surface area contributed by atoms with E-state index in [1.54, 1.807) is 0 Å². The van der Waals surface area contributed by atoms with E-state index in [2.05, 4.69) is 45.6 Å². The van der Waals surface area contributed by atoms with E-state index < -0.39 is 0 Å². The van der Waals surface area contributed by atoms with Crippen molar-refractivity contribution in [2.75, 3.05) is 0 Å². The summed E-state index contributed by atoms with van der Waals surface area (Å²) >= 11 is 0. The molecule has 0 fully saturated rings. The van der Waals surface area contributed by atoms with Crippen LogP contribution in [-0.4, -0.2) is 0 Å². The third-order valence-electron chi connectivity index (χ3n) is 3.39. The van der Waals surface area contributed by atoms with Crippen LogP contribution < -0.4 is 0 Å². The molecule has 18 heavy (non-hydrogen) atoms. The average molecular weight is 248 g/mol. The molecule has 104 valence electrons. The van der Waals surface area contributed by atoms with Gasteiger partial charge in [-0.15, -0.1) is 6.58 Å².